The molecule has 0 atom stereocenters. The van der Waals surface area contributed by atoms with Crippen molar-refractivity contribution in [2.75, 3.05) is 48.0 Å². The molecule has 9 nitrogen and oxygen atoms in total. The van der Waals surface area contributed by atoms with Crippen molar-refractivity contribution in [3.8, 4) is 11.3 Å². The van der Waals surface area contributed by atoms with Crippen molar-refractivity contribution in [2.24, 2.45) is 5.41 Å². The fourth-order valence-corrected chi connectivity index (χ4v) is 7.57. The standard InChI is InChI=1S/C37H35N3O6/c41-34(29-18-24-4-3-5-25(24)19-31(29)39-21-37(22-39)13-16-45-17-14-37)38-27-10-8-23(9-11-27)35(42)40-15-12-26-20-32(36(43)44)46-33(26)28-6-1-2-7-30(28)40/h1-2,6-11,18-20H,3-5,12-17,21-22H2,(H,38,41)(H,43,44). The largest absolute Gasteiger partial charge is 0.475 e. The fourth-order valence-electron chi connectivity index (χ4n) is 7.57. The Hall–Kier alpha value is -4.89. The SMILES string of the molecule is O=C(O)c1cc2c(o1)-c1ccccc1N(C(=O)c1ccc(NC(=O)c3cc4c(cc3N3CC5(CCOCC5)C3)CCC4)cc1)CC2. The number of nitrogens with zero attached hydrogens (tertiary/aromatic N) is 2. The summed E-state index contributed by atoms with van der Waals surface area (Å²) in [6.07, 6.45) is 5.76. The number of para-hydroxylation sites is 1. The van der Waals surface area contributed by atoms with Crippen LogP contribution in [0.5, 0.6) is 0 Å². The molecule has 1 aromatic heterocycles. The fraction of sp³-hybridized carbons (Fsp3) is 0.324. The zero-order valence-electron chi connectivity index (χ0n) is 25.5. The Labute approximate surface area is 266 Å². The average molecular weight is 618 g/mol. The summed E-state index contributed by atoms with van der Waals surface area (Å²) in [5.41, 5.74) is 7.81. The molecule has 2 amide bonds. The van der Waals surface area contributed by atoms with Crippen LogP contribution in [0, 0.1) is 5.41 Å². The molecule has 0 bridgehead atoms. The molecule has 1 aliphatic carbocycles. The number of hydrogen-bond acceptors (Lipinski definition) is 6. The lowest BCUT2D eigenvalue weighted by molar-refractivity contribution is -0.000250. The molecular weight excluding hydrogens is 582 g/mol. The number of amides is 2. The van der Waals surface area contributed by atoms with E-state index < -0.39 is 5.97 Å². The van der Waals surface area contributed by atoms with E-state index in [4.69, 9.17) is 9.15 Å². The first-order valence-corrected chi connectivity index (χ1v) is 16.0. The molecule has 2 saturated heterocycles. The number of rotatable bonds is 5. The lowest BCUT2D eigenvalue weighted by Crippen LogP contribution is -2.59. The predicted octanol–water partition coefficient (Wildman–Crippen LogP) is 6.21. The third-order valence-corrected chi connectivity index (χ3v) is 10.1. The van der Waals surface area contributed by atoms with Crippen molar-refractivity contribution in [2.45, 2.75) is 38.5 Å². The van der Waals surface area contributed by atoms with Crippen LogP contribution >= 0.6 is 0 Å². The third-order valence-electron chi connectivity index (χ3n) is 10.1. The quantitative estimate of drug-likeness (QED) is 0.274. The van der Waals surface area contributed by atoms with Gasteiger partial charge in [0.05, 0.1) is 11.3 Å². The predicted molar refractivity (Wildman–Crippen MR) is 174 cm³/mol. The van der Waals surface area contributed by atoms with Gasteiger partial charge in [-0.1, -0.05) is 12.1 Å². The maximum Gasteiger partial charge on any atom is 0.371 e. The summed E-state index contributed by atoms with van der Waals surface area (Å²) in [6.45, 7) is 3.89. The number of nitrogens with one attached hydrogen (secondary N) is 1. The van der Waals surface area contributed by atoms with Gasteiger partial charge in [-0.2, -0.15) is 0 Å². The lowest BCUT2D eigenvalue weighted by Gasteiger charge is -2.53. The first kappa shape index (κ1) is 28.6. The highest BCUT2D eigenvalue weighted by atomic mass is 16.5. The number of aryl methyl sites for hydroxylation is 2. The number of carboxylic acid groups (broad SMARTS) is 1. The molecular formula is C37H35N3O6. The summed E-state index contributed by atoms with van der Waals surface area (Å²) in [5.74, 6) is -1.09. The number of benzene rings is 3. The number of ether oxygens (including phenoxy) is 1. The van der Waals surface area contributed by atoms with E-state index in [0.29, 0.717) is 52.2 Å². The minimum Gasteiger partial charge on any atom is -0.475 e. The van der Waals surface area contributed by atoms with Gasteiger partial charge in [-0.25, -0.2) is 4.79 Å². The topological polar surface area (TPSA) is 112 Å². The Kier molecular flexibility index (Phi) is 6.94. The van der Waals surface area contributed by atoms with Gasteiger partial charge in [-0.3, -0.25) is 9.59 Å². The second-order valence-corrected chi connectivity index (χ2v) is 13.0. The molecule has 8 rings (SSSR count). The van der Waals surface area contributed by atoms with Crippen molar-refractivity contribution in [1.29, 1.82) is 0 Å². The summed E-state index contributed by atoms with van der Waals surface area (Å²) in [5, 5.41) is 12.5. The monoisotopic (exact) mass is 617 g/mol. The molecule has 46 heavy (non-hydrogen) atoms. The van der Waals surface area contributed by atoms with Crippen LogP contribution in [-0.4, -0.2) is 55.7 Å². The van der Waals surface area contributed by atoms with E-state index in [1.807, 2.05) is 24.3 Å². The van der Waals surface area contributed by atoms with Crippen LogP contribution in [0.1, 0.15) is 67.2 Å². The summed E-state index contributed by atoms with van der Waals surface area (Å²) >= 11 is 0. The highest BCUT2D eigenvalue weighted by Crippen LogP contribution is 2.44. The average Bonchev–Trinajstić information content (AvgIpc) is 3.68. The van der Waals surface area contributed by atoms with E-state index in [2.05, 4.69) is 22.3 Å². The van der Waals surface area contributed by atoms with Gasteiger partial charge in [-0.15, -0.1) is 0 Å². The summed E-state index contributed by atoms with van der Waals surface area (Å²) in [6, 6.07) is 20.2. The first-order chi connectivity index (χ1) is 22.4. The number of hydrogen-bond donors (Lipinski definition) is 2. The van der Waals surface area contributed by atoms with Gasteiger partial charge in [0.25, 0.3) is 11.8 Å². The summed E-state index contributed by atoms with van der Waals surface area (Å²) in [7, 11) is 0. The van der Waals surface area contributed by atoms with E-state index >= 15 is 0 Å². The number of aromatic carboxylic acids is 1. The van der Waals surface area contributed by atoms with E-state index in [1.165, 1.54) is 17.2 Å². The van der Waals surface area contributed by atoms with Crippen molar-refractivity contribution in [3.63, 3.8) is 0 Å². The minimum atomic E-state index is -1.12. The zero-order chi connectivity index (χ0) is 31.4. The molecule has 4 heterocycles. The normalized spacial score (nSPS) is 17.8. The van der Waals surface area contributed by atoms with E-state index in [-0.39, 0.29) is 17.6 Å². The number of anilines is 3. The molecule has 0 unspecified atom stereocenters. The minimum absolute atomic E-state index is 0.114. The highest BCUT2D eigenvalue weighted by Gasteiger charge is 2.45. The maximum absolute atomic E-state index is 13.8. The second kappa shape index (κ2) is 11.2. The van der Waals surface area contributed by atoms with Crippen LogP contribution < -0.4 is 15.1 Å². The van der Waals surface area contributed by atoms with E-state index in [1.54, 1.807) is 29.2 Å². The summed E-state index contributed by atoms with van der Waals surface area (Å²) < 4.78 is 11.3. The van der Waals surface area contributed by atoms with Crippen LogP contribution in [0.3, 0.4) is 0 Å². The molecule has 2 fully saturated rings. The smallest absolute Gasteiger partial charge is 0.371 e. The van der Waals surface area contributed by atoms with Crippen molar-refractivity contribution >= 4 is 34.8 Å². The van der Waals surface area contributed by atoms with E-state index in [9.17, 15) is 19.5 Å². The Morgan fingerprint density at radius 1 is 0.826 bits per heavy atom. The van der Waals surface area contributed by atoms with Gasteiger partial charge in [0.15, 0.2) is 0 Å². The third kappa shape index (κ3) is 4.95. The number of carbonyl (C=O) groups is 3. The van der Waals surface area contributed by atoms with Crippen molar-refractivity contribution in [1.82, 2.24) is 0 Å². The van der Waals surface area contributed by atoms with Crippen LogP contribution in [0.15, 0.2) is 71.1 Å². The van der Waals surface area contributed by atoms with Gasteiger partial charge in [-0.05, 0) is 104 Å². The zero-order valence-corrected chi connectivity index (χ0v) is 25.5. The van der Waals surface area contributed by atoms with Crippen LogP contribution in [-0.2, 0) is 24.0 Å². The molecule has 0 radical (unpaired) electrons. The Bertz CT molecular complexity index is 1860. The summed E-state index contributed by atoms with van der Waals surface area (Å²) in [4.78, 5) is 43.2. The molecule has 3 aromatic carbocycles. The molecule has 2 N–H and O–H groups in total. The van der Waals surface area contributed by atoms with Gasteiger partial charge in [0.1, 0.15) is 5.76 Å². The molecule has 3 aliphatic heterocycles. The number of fused-ring (bicyclic) bond motifs is 4. The highest BCUT2D eigenvalue weighted by molar-refractivity contribution is 6.10. The molecule has 0 saturated carbocycles. The lowest BCUT2D eigenvalue weighted by atomic mass is 9.73. The maximum atomic E-state index is 13.8. The Morgan fingerprint density at radius 2 is 1.57 bits per heavy atom. The number of carboxylic acids is 1. The van der Waals surface area contributed by atoms with Gasteiger partial charge in [0.2, 0.25) is 5.76 Å². The number of carbonyl (C=O) groups excluding carboxylic acids is 2. The molecule has 9 heteroatoms. The Balaban J connectivity index is 1.01. The van der Waals surface area contributed by atoms with Crippen LogP contribution in [0.2, 0.25) is 0 Å². The van der Waals surface area contributed by atoms with Crippen LogP contribution in [0.25, 0.3) is 11.3 Å². The molecule has 4 aliphatic rings. The first-order valence-electron chi connectivity index (χ1n) is 16.0. The van der Waals surface area contributed by atoms with Gasteiger partial charge in [0, 0.05) is 66.3 Å². The Morgan fingerprint density at radius 3 is 2.33 bits per heavy atom. The van der Waals surface area contributed by atoms with Gasteiger partial charge < -0.3 is 29.4 Å². The van der Waals surface area contributed by atoms with E-state index in [0.717, 1.165) is 69.7 Å². The van der Waals surface area contributed by atoms with Gasteiger partial charge >= 0.3 is 5.97 Å². The van der Waals surface area contributed by atoms with Crippen molar-refractivity contribution in [3.05, 3.63) is 100 Å². The van der Waals surface area contributed by atoms with Crippen LogP contribution in [0.4, 0.5) is 17.1 Å². The second-order valence-electron chi connectivity index (χ2n) is 13.0. The number of furan rings is 1. The molecule has 234 valence electrons. The molecule has 4 aromatic rings. The molecule has 1 spiro atoms. The van der Waals surface area contributed by atoms with Crippen molar-refractivity contribution < 1.29 is 28.6 Å².